The zero-order valence-corrected chi connectivity index (χ0v) is 13.4. The van der Waals surface area contributed by atoms with Crippen LogP contribution >= 0.6 is 0 Å². The van der Waals surface area contributed by atoms with Crippen molar-refractivity contribution in [2.45, 2.75) is 63.9 Å². The molecule has 0 aromatic heterocycles. The van der Waals surface area contributed by atoms with Crippen LogP contribution in [0.3, 0.4) is 0 Å². The maximum absolute atomic E-state index is 12.5. The number of phenolic OH excluding ortho intramolecular Hbond substituents is 1. The molecule has 0 heterocycles. The molecular formula is C19H26O3. The molecule has 22 heavy (non-hydrogen) atoms. The van der Waals surface area contributed by atoms with Crippen molar-refractivity contribution < 1.29 is 14.6 Å². The first-order chi connectivity index (χ1) is 10.6. The van der Waals surface area contributed by atoms with Crippen molar-refractivity contribution in [3.63, 3.8) is 0 Å². The summed E-state index contributed by atoms with van der Waals surface area (Å²) >= 11 is 0. The summed E-state index contributed by atoms with van der Waals surface area (Å²) in [6, 6.07) is 4.88. The van der Waals surface area contributed by atoms with E-state index in [1.165, 1.54) is 25.3 Å². The van der Waals surface area contributed by atoms with Crippen molar-refractivity contribution >= 4 is 12.0 Å². The predicted octanol–water partition coefficient (Wildman–Crippen LogP) is 5.09. The van der Waals surface area contributed by atoms with Crippen LogP contribution in [0.4, 0.5) is 0 Å². The Morgan fingerprint density at radius 1 is 1.27 bits per heavy atom. The molecule has 2 rings (SSSR count). The summed E-state index contributed by atoms with van der Waals surface area (Å²) in [5, 5.41) is 9.95. The smallest absolute Gasteiger partial charge is 0.342 e. The molecule has 0 atom stereocenters. The van der Waals surface area contributed by atoms with Gasteiger partial charge in [0.1, 0.15) is 16.9 Å². The van der Waals surface area contributed by atoms with Crippen molar-refractivity contribution in [1.82, 2.24) is 0 Å². The number of ether oxygens (including phenoxy) is 1. The number of carbonyl (C=O) groups excluding carboxylic acids is 1. The van der Waals surface area contributed by atoms with Crippen LogP contribution in [0, 0.1) is 0 Å². The van der Waals surface area contributed by atoms with Gasteiger partial charge in [0, 0.05) is 0 Å². The lowest BCUT2D eigenvalue weighted by Gasteiger charge is -2.34. The fraction of sp³-hybridized carbons (Fsp3) is 0.526. The van der Waals surface area contributed by atoms with Gasteiger partial charge in [-0.1, -0.05) is 44.9 Å². The van der Waals surface area contributed by atoms with Crippen LogP contribution in [0.1, 0.15) is 74.2 Å². The summed E-state index contributed by atoms with van der Waals surface area (Å²) < 4.78 is 5.90. The first kappa shape index (κ1) is 16.6. The van der Waals surface area contributed by atoms with Crippen LogP contribution < -0.4 is 0 Å². The molecule has 1 N–H and O–H groups in total. The number of aromatic hydroxyl groups is 1. The molecule has 1 aromatic carbocycles. The Kier molecular flexibility index (Phi) is 5.64. The van der Waals surface area contributed by atoms with Gasteiger partial charge in [-0.25, -0.2) is 4.79 Å². The van der Waals surface area contributed by atoms with E-state index < -0.39 is 5.97 Å². The number of carbonyl (C=O) groups is 1. The fourth-order valence-corrected chi connectivity index (χ4v) is 3.17. The predicted molar refractivity (Wildman–Crippen MR) is 89.0 cm³/mol. The largest absolute Gasteiger partial charge is 0.507 e. The van der Waals surface area contributed by atoms with E-state index in [2.05, 4.69) is 13.5 Å². The Balaban J connectivity index is 2.19. The van der Waals surface area contributed by atoms with Gasteiger partial charge in [0.05, 0.1) is 0 Å². The zero-order chi connectivity index (χ0) is 16.0. The third-order valence-corrected chi connectivity index (χ3v) is 4.69. The summed E-state index contributed by atoms with van der Waals surface area (Å²) in [7, 11) is 0. The Morgan fingerprint density at radius 3 is 2.50 bits per heavy atom. The third kappa shape index (κ3) is 3.90. The number of hydrogen-bond donors (Lipinski definition) is 1. The molecule has 0 radical (unpaired) electrons. The maximum atomic E-state index is 12.5. The molecule has 1 saturated carbocycles. The van der Waals surface area contributed by atoms with Gasteiger partial charge in [0.15, 0.2) is 0 Å². The summed E-state index contributed by atoms with van der Waals surface area (Å²) in [6.07, 6.45) is 10.2. The molecule has 1 aromatic rings. The van der Waals surface area contributed by atoms with E-state index in [1.54, 1.807) is 18.2 Å². The minimum Gasteiger partial charge on any atom is -0.507 e. The van der Waals surface area contributed by atoms with E-state index in [1.807, 2.05) is 0 Å². The fourth-order valence-electron chi connectivity index (χ4n) is 3.17. The van der Waals surface area contributed by atoms with Crippen LogP contribution in [-0.2, 0) is 4.74 Å². The molecular weight excluding hydrogens is 276 g/mol. The van der Waals surface area contributed by atoms with Gasteiger partial charge in [-0.2, -0.15) is 0 Å². The van der Waals surface area contributed by atoms with Gasteiger partial charge in [0.25, 0.3) is 0 Å². The summed E-state index contributed by atoms with van der Waals surface area (Å²) in [4.78, 5) is 12.5. The Hall–Kier alpha value is -1.77. The second-order valence-corrected chi connectivity index (χ2v) is 6.17. The van der Waals surface area contributed by atoms with Gasteiger partial charge >= 0.3 is 5.97 Å². The highest BCUT2D eigenvalue weighted by Gasteiger charge is 2.33. The molecule has 1 aliphatic carbocycles. The van der Waals surface area contributed by atoms with E-state index in [-0.39, 0.29) is 16.9 Å². The average Bonchev–Trinajstić information content (AvgIpc) is 2.50. The van der Waals surface area contributed by atoms with Crippen molar-refractivity contribution in [3.8, 4) is 5.75 Å². The number of esters is 1. The molecule has 0 aliphatic heterocycles. The third-order valence-electron chi connectivity index (χ3n) is 4.69. The number of hydrogen-bond acceptors (Lipinski definition) is 3. The summed E-state index contributed by atoms with van der Waals surface area (Å²) in [5.41, 5.74) is 0.647. The van der Waals surface area contributed by atoms with E-state index in [4.69, 9.17) is 4.74 Å². The van der Waals surface area contributed by atoms with Gasteiger partial charge in [0.2, 0.25) is 0 Å². The maximum Gasteiger partial charge on any atom is 0.342 e. The highest BCUT2D eigenvalue weighted by Crippen LogP contribution is 2.34. The molecule has 3 heteroatoms. The first-order valence-corrected chi connectivity index (χ1v) is 8.29. The van der Waals surface area contributed by atoms with Gasteiger partial charge in [-0.05, 0) is 49.8 Å². The molecule has 1 fully saturated rings. The zero-order valence-electron chi connectivity index (χ0n) is 13.4. The Morgan fingerprint density at radius 2 is 1.91 bits per heavy atom. The lowest BCUT2D eigenvalue weighted by Crippen LogP contribution is -2.35. The van der Waals surface area contributed by atoms with Crippen LogP contribution in [-0.4, -0.2) is 16.7 Å². The number of phenols is 1. The number of benzene rings is 1. The lowest BCUT2D eigenvalue weighted by molar-refractivity contribution is -0.0343. The lowest BCUT2D eigenvalue weighted by atomic mass is 9.85. The van der Waals surface area contributed by atoms with Gasteiger partial charge < -0.3 is 9.84 Å². The molecule has 0 unspecified atom stereocenters. The van der Waals surface area contributed by atoms with E-state index in [9.17, 15) is 9.90 Å². The number of rotatable bonds is 4. The van der Waals surface area contributed by atoms with Gasteiger partial charge in [-0.15, -0.1) is 0 Å². The normalized spacial score (nSPS) is 18.0. The highest BCUT2D eigenvalue weighted by atomic mass is 16.6. The molecule has 3 nitrogen and oxygen atoms in total. The van der Waals surface area contributed by atoms with Crippen molar-refractivity contribution in [2.75, 3.05) is 0 Å². The van der Waals surface area contributed by atoms with E-state index in [0.29, 0.717) is 0 Å². The second-order valence-electron chi connectivity index (χ2n) is 6.17. The van der Waals surface area contributed by atoms with Crippen LogP contribution in [0.15, 0.2) is 24.8 Å². The molecule has 0 spiro atoms. The molecule has 1 aliphatic rings. The van der Waals surface area contributed by atoms with Crippen molar-refractivity contribution in [1.29, 1.82) is 0 Å². The van der Waals surface area contributed by atoms with Gasteiger partial charge in [-0.3, -0.25) is 0 Å². The van der Waals surface area contributed by atoms with E-state index in [0.717, 1.165) is 37.7 Å². The molecule has 0 saturated heterocycles. The SMILES string of the molecule is C=Cc1ccc(O)c(C(=O)OC2(CC)CCCCCCC2)c1. The minimum absolute atomic E-state index is 0.0345. The van der Waals surface area contributed by atoms with Crippen LogP contribution in [0.2, 0.25) is 0 Å². The minimum atomic E-state index is -0.427. The highest BCUT2D eigenvalue weighted by molar-refractivity contribution is 5.93. The van der Waals surface area contributed by atoms with E-state index >= 15 is 0 Å². The van der Waals surface area contributed by atoms with Crippen LogP contribution in [0.25, 0.3) is 6.08 Å². The quantitative estimate of drug-likeness (QED) is 0.788. The second kappa shape index (κ2) is 7.48. The first-order valence-electron chi connectivity index (χ1n) is 8.29. The average molecular weight is 302 g/mol. The van der Waals surface area contributed by atoms with Crippen LogP contribution in [0.5, 0.6) is 5.75 Å². The summed E-state index contributed by atoms with van der Waals surface area (Å²) in [5.74, 6) is -0.462. The molecule has 0 amide bonds. The standard InChI is InChI=1S/C19H26O3/c1-3-15-10-11-17(20)16(14-15)18(21)22-19(4-2)12-8-6-5-7-9-13-19/h3,10-11,14,20H,1,4-9,12-13H2,2H3. The monoisotopic (exact) mass is 302 g/mol. The molecule has 0 bridgehead atoms. The Labute approximate surface area is 133 Å². The summed E-state index contributed by atoms with van der Waals surface area (Å²) in [6.45, 7) is 5.77. The van der Waals surface area contributed by atoms with Crippen molar-refractivity contribution in [2.24, 2.45) is 0 Å². The molecule has 120 valence electrons. The topological polar surface area (TPSA) is 46.5 Å². The van der Waals surface area contributed by atoms with Crippen molar-refractivity contribution in [3.05, 3.63) is 35.9 Å². The Bertz CT molecular complexity index is 525.